The SMILES string of the molecule is O=C(Nc1nncs1)C1(C(c2ccccc2)c2ccc3c(cnn3-c3ccc(F)cc3C(F)(F)F)c2)CCC1. The third-order valence-electron chi connectivity index (χ3n) is 7.38. The first-order valence-corrected chi connectivity index (χ1v) is 13.1. The second-order valence-corrected chi connectivity index (χ2v) is 10.4. The van der Waals surface area contributed by atoms with Crippen LogP contribution < -0.4 is 5.32 Å². The summed E-state index contributed by atoms with van der Waals surface area (Å²) < 4.78 is 56.0. The number of alkyl halides is 3. The first-order chi connectivity index (χ1) is 18.8. The van der Waals surface area contributed by atoms with E-state index in [0.717, 1.165) is 29.7 Å². The molecule has 1 N–H and O–H groups in total. The Balaban J connectivity index is 1.45. The third kappa shape index (κ3) is 4.46. The van der Waals surface area contributed by atoms with E-state index in [1.807, 2.05) is 42.5 Å². The number of benzene rings is 3. The van der Waals surface area contributed by atoms with Crippen LogP contribution in [-0.2, 0) is 11.0 Å². The molecule has 11 heteroatoms. The van der Waals surface area contributed by atoms with Crippen molar-refractivity contribution in [3.05, 3.63) is 101 Å². The molecule has 0 bridgehead atoms. The number of halogens is 4. The van der Waals surface area contributed by atoms with Gasteiger partial charge in [0.25, 0.3) is 0 Å². The number of carbonyl (C=O) groups excluding carboxylic acids is 1. The van der Waals surface area contributed by atoms with Crippen LogP contribution in [0.5, 0.6) is 0 Å². The van der Waals surface area contributed by atoms with Crippen LogP contribution in [0.3, 0.4) is 0 Å². The van der Waals surface area contributed by atoms with Gasteiger partial charge in [-0.1, -0.05) is 54.2 Å². The van der Waals surface area contributed by atoms with Crippen LogP contribution in [-0.4, -0.2) is 25.9 Å². The van der Waals surface area contributed by atoms with Gasteiger partial charge >= 0.3 is 6.18 Å². The van der Waals surface area contributed by atoms with Crippen molar-refractivity contribution in [2.24, 2.45) is 5.41 Å². The summed E-state index contributed by atoms with van der Waals surface area (Å²) in [5.41, 5.74) is 1.67. The monoisotopic (exact) mass is 551 g/mol. The van der Waals surface area contributed by atoms with Gasteiger partial charge in [-0.15, -0.1) is 10.2 Å². The number of hydrogen-bond donors (Lipinski definition) is 1. The average molecular weight is 552 g/mol. The molecule has 1 fully saturated rings. The summed E-state index contributed by atoms with van der Waals surface area (Å²) in [7, 11) is 0. The lowest BCUT2D eigenvalue weighted by Crippen LogP contribution is -2.47. The molecule has 1 saturated carbocycles. The zero-order valence-electron chi connectivity index (χ0n) is 20.3. The molecule has 1 aliphatic carbocycles. The minimum absolute atomic E-state index is 0.142. The van der Waals surface area contributed by atoms with Crippen LogP contribution >= 0.6 is 11.3 Å². The highest BCUT2D eigenvalue weighted by atomic mass is 32.1. The summed E-state index contributed by atoms with van der Waals surface area (Å²) in [5, 5.41) is 15.9. The molecule has 198 valence electrons. The Hall–Kier alpha value is -4.12. The number of nitrogens with one attached hydrogen (secondary N) is 1. The van der Waals surface area contributed by atoms with Gasteiger partial charge < -0.3 is 5.32 Å². The number of fused-ring (bicyclic) bond motifs is 1. The van der Waals surface area contributed by atoms with Crippen molar-refractivity contribution in [2.75, 3.05) is 5.32 Å². The zero-order valence-corrected chi connectivity index (χ0v) is 21.1. The average Bonchev–Trinajstić information content (AvgIpc) is 3.55. The highest BCUT2D eigenvalue weighted by Crippen LogP contribution is 2.55. The molecule has 0 saturated heterocycles. The molecule has 0 radical (unpaired) electrons. The van der Waals surface area contributed by atoms with Crippen molar-refractivity contribution in [2.45, 2.75) is 31.4 Å². The summed E-state index contributed by atoms with van der Waals surface area (Å²) in [5.74, 6) is -1.44. The Bertz CT molecular complexity index is 1650. The molecule has 5 aromatic rings. The summed E-state index contributed by atoms with van der Waals surface area (Å²) in [4.78, 5) is 13.7. The van der Waals surface area contributed by atoms with Crippen molar-refractivity contribution >= 4 is 33.3 Å². The molecule has 2 heterocycles. The fourth-order valence-electron chi connectivity index (χ4n) is 5.47. The van der Waals surface area contributed by atoms with Crippen LogP contribution in [0.25, 0.3) is 16.6 Å². The molecule has 0 aliphatic heterocycles. The molecule has 6 rings (SSSR count). The molecule has 1 atom stereocenters. The lowest BCUT2D eigenvalue weighted by atomic mass is 9.57. The zero-order chi connectivity index (χ0) is 27.2. The second kappa shape index (κ2) is 9.57. The smallest absolute Gasteiger partial charge is 0.300 e. The summed E-state index contributed by atoms with van der Waals surface area (Å²) in [6.07, 6.45) is -1.06. The van der Waals surface area contributed by atoms with Gasteiger partial charge in [0.05, 0.1) is 28.4 Å². The van der Waals surface area contributed by atoms with Gasteiger partial charge in [0, 0.05) is 11.3 Å². The molecular weight excluding hydrogens is 530 g/mol. The number of hydrogen-bond acceptors (Lipinski definition) is 5. The van der Waals surface area contributed by atoms with E-state index in [2.05, 4.69) is 20.6 Å². The van der Waals surface area contributed by atoms with E-state index in [1.165, 1.54) is 22.2 Å². The predicted octanol–water partition coefficient (Wildman–Crippen LogP) is 6.98. The number of aromatic nitrogens is 4. The summed E-state index contributed by atoms with van der Waals surface area (Å²) in [6.45, 7) is 0. The normalized spacial score (nSPS) is 15.6. The van der Waals surface area contributed by atoms with E-state index < -0.39 is 23.0 Å². The van der Waals surface area contributed by atoms with E-state index in [1.54, 1.807) is 11.6 Å². The van der Waals surface area contributed by atoms with Crippen LogP contribution in [0.1, 0.15) is 41.9 Å². The number of carbonyl (C=O) groups is 1. The van der Waals surface area contributed by atoms with Gasteiger partial charge in [-0.25, -0.2) is 9.07 Å². The van der Waals surface area contributed by atoms with Crippen molar-refractivity contribution in [3.8, 4) is 5.69 Å². The summed E-state index contributed by atoms with van der Waals surface area (Å²) in [6, 6.07) is 17.6. The van der Waals surface area contributed by atoms with Crippen LogP contribution in [0, 0.1) is 11.2 Å². The van der Waals surface area contributed by atoms with Gasteiger partial charge in [0.15, 0.2) is 0 Å². The van der Waals surface area contributed by atoms with E-state index in [0.29, 0.717) is 34.9 Å². The molecule has 39 heavy (non-hydrogen) atoms. The maximum Gasteiger partial charge on any atom is 0.418 e. The lowest BCUT2D eigenvalue weighted by molar-refractivity contribution is -0.137. The topological polar surface area (TPSA) is 72.7 Å². The van der Waals surface area contributed by atoms with Gasteiger partial charge in [-0.05, 0) is 54.3 Å². The van der Waals surface area contributed by atoms with E-state index in [4.69, 9.17) is 0 Å². The van der Waals surface area contributed by atoms with E-state index in [-0.39, 0.29) is 17.5 Å². The van der Waals surface area contributed by atoms with Crippen LogP contribution in [0.15, 0.2) is 78.4 Å². The van der Waals surface area contributed by atoms with Crippen molar-refractivity contribution < 1.29 is 22.4 Å². The molecule has 1 amide bonds. The minimum atomic E-state index is -4.76. The lowest BCUT2D eigenvalue weighted by Gasteiger charge is -2.46. The van der Waals surface area contributed by atoms with Crippen molar-refractivity contribution in [1.82, 2.24) is 20.0 Å². The predicted molar refractivity (Wildman–Crippen MR) is 139 cm³/mol. The largest absolute Gasteiger partial charge is 0.418 e. The van der Waals surface area contributed by atoms with E-state index in [9.17, 15) is 22.4 Å². The highest BCUT2D eigenvalue weighted by molar-refractivity contribution is 7.13. The molecule has 1 unspecified atom stereocenters. The van der Waals surface area contributed by atoms with Gasteiger partial charge in [0.2, 0.25) is 11.0 Å². The maximum atomic E-state index is 13.7. The molecule has 6 nitrogen and oxygen atoms in total. The number of anilines is 1. The Morgan fingerprint density at radius 1 is 1.03 bits per heavy atom. The fraction of sp³-hybridized carbons (Fsp3) is 0.214. The molecule has 3 aromatic carbocycles. The maximum absolute atomic E-state index is 13.7. The van der Waals surface area contributed by atoms with Crippen LogP contribution in [0.4, 0.5) is 22.7 Å². The standard InChI is InChI=1S/C28H21F4N5OS/c29-20-8-10-23(21(14-20)28(30,31)32)37-22-9-7-18(13-19(22)15-34-37)24(17-5-2-1-3-6-17)27(11-4-12-27)25(38)35-26-36-33-16-39-26/h1-3,5-10,13-16,24H,4,11-12H2,(H,35,36,38). The Kier molecular flexibility index (Phi) is 6.17. The second-order valence-electron chi connectivity index (χ2n) is 9.59. The fourth-order valence-corrected chi connectivity index (χ4v) is 5.91. The summed E-state index contributed by atoms with van der Waals surface area (Å²) >= 11 is 1.24. The van der Waals surface area contributed by atoms with Crippen LogP contribution in [0.2, 0.25) is 0 Å². The number of nitrogens with zero attached hydrogens (tertiary/aromatic N) is 4. The quantitative estimate of drug-likeness (QED) is 0.231. The molecule has 2 aromatic heterocycles. The van der Waals surface area contributed by atoms with Crippen molar-refractivity contribution in [3.63, 3.8) is 0 Å². The molecule has 1 aliphatic rings. The first kappa shape index (κ1) is 25.2. The van der Waals surface area contributed by atoms with E-state index >= 15 is 0 Å². The molecule has 0 spiro atoms. The molecular formula is C28H21F4N5OS. The first-order valence-electron chi connectivity index (χ1n) is 12.2. The Morgan fingerprint density at radius 3 is 2.49 bits per heavy atom. The number of amides is 1. The van der Waals surface area contributed by atoms with Gasteiger partial charge in [0.1, 0.15) is 11.3 Å². The Morgan fingerprint density at radius 2 is 1.82 bits per heavy atom. The van der Waals surface area contributed by atoms with Crippen molar-refractivity contribution in [1.29, 1.82) is 0 Å². The minimum Gasteiger partial charge on any atom is -0.300 e. The Labute approximate surface area is 224 Å². The van der Waals surface area contributed by atoms with Gasteiger partial charge in [-0.3, -0.25) is 4.79 Å². The number of rotatable bonds is 6. The highest BCUT2D eigenvalue weighted by Gasteiger charge is 2.51. The van der Waals surface area contributed by atoms with Gasteiger partial charge in [-0.2, -0.15) is 18.3 Å². The third-order valence-corrected chi connectivity index (χ3v) is 7.99.